The van der Waals surface area contributed by atoms with Gasteiger partial charge in [-0.25, -0.2) is 9.69 Å². The summed E-state index contributed by atoms with van der Waals surface area (Å²) >= 11 is 5.87. The number of benzene rings is 2. The molecule has 2 unspecified atom stereocenters. The molecule has 11 heteroatoms. The van der Waals surface area contributed by atoms with Crippen LogP contribution in [-0.2, 0) is 19.1 Å². The van der Waals surface area contributed by atoms with Crippen molar-refractivity contribution >= 4 is 46.7 Å². The van der Waals surface area contributed by atoms with E-state index in [9.17, 15) is 19.2 Å². The Morgan fingerprint density at radius 1 is 1.06 bits per heavy atom. The van der Waals surface area contributed by atoms with E-state index in [0.29, 0.717) is 22.0 Å². The van der Waals surface area contributed by atoms with Crippen molar-refractivity contribution < 1.29 is 23.9 Å². The molecule has 0 spiro atoms. The number of rotatable bonds is 6. The molecular weight excluding hydrogens is 438 g/mol. The fourth-order valence-corrected chi connectivity index (χ4v) is 3.58. The minimum Gasteiger partial charge on any atom is -0.462 e. The lowest BCUT2D eigenvalue weighted by Crippen LogP contribution is -2.43. The summed E-state index contributed by atoms with van der Waals surface area (Å²) in [6.07, 6.45) is 0. The van der Waals surface area contributed by atoms with Crippen LogP contribution >= 0.6 is 11.6 Å². The number of nitrogens with one attached hydrogen (secondary N) is 1. The largest absolute Gasteiger partial charge is 0.462 e. The normalized spacial score (nSPS) is 19.3. The number of carbonyl (C=O) groups is 4. The van der Waals surface area contributed by atoms with Crippen molar-refractivity contribution in [1.29, 1.82) is 0 Å². The first-order valence-electron chi connectivity index (χ1n) is 9.77. The number of ether oxygens (including phenoxy) is 1. The van der Waals surface area contributed by atoms with Crippen molar-refractivity contribution in [3.8, 4) is 0 Å². The third-order valence-electron chi connectivity index (χ3n) is 4.93. The van der Waals surface area contributed by atoms with E-state index in [1.165, 1.54) is 17.1 Å². The molecule has 10 nitrogen and oxygen atoms in total. The van der Waals surface area contributed by atoms with E-state index in [0.717, 1.165) is 4.90 Å². The van der Waals surface area contributed by atoms with E-state index in [-0.39, 0.29) is 13.2 Å². The molecule has 2 atom stereocenters. The zero-order chi connectivity index (χ0) is 22.8. The third-order valence-corrected chi connectivity index (χ3v) is 5.18. The summed E-state index contributed by atoms with van der Waals surface area (Å²) in [5.41, 5.74) is 1.19. The highest BCUT2D eigenvalue weighted by atomic mass is 35.5. The first kappa shape index (κ1) is 21.4. The number of anilines is 2. The summed E-state index contributed by atoms with van der Waals surface area (Å²) < 4.78 is 4.92. The van der Waals surface area contributed by atoms with Crippen molar-refractivity contribution in [1.82, 2.24) is 5.01 Å². The molecule has 4 rings (SSSR count). The summed E-state index contributed by atoms with van der Waals surface area (Å²) in [4.78, 5) is 50.8. The van der Waals surface area contributed by atoms with E-state index < -0.39 is 35.8 Å². The van der Waals surface area contributed by atoms with Crippen molar-refractivity contribution in [2.75, 3.05) is 23.4 Å². The summed E-state index contributed by atoms with van der Waals surface area (Å²) in [5, 5.41) is 12.1. The maximum Gasteiger partial charge on any atom is 0.338 e. The van der Waals surface area contributed by atoms with Gasteiger partial charge in [0, 0.05) is 10.7 Å². The molecule has 0 bridgehead atoms. The second-order valence-electron chi connectivity index (χ2n) is 7.03. The van der Waals surface area contributed by atoms with Crippen LogP contribution in [0.15, 0.2) is 58.9 Å². The van der Waals surface area contributed by atoms with E-state index in [4.69, 9.17) is 16.3 Å². The smallest absolute Gasteiger partial charge is 0.338 e. The molecule has 2 heterocycles. The summed E-state index contributed by atoms with van der Waals surface area (Å²) in [6.45, 7) is 1.70. The van der Waals surface area contributed by atoms with Gasteiger partial charge < -0.3 is 10.1 Å². The second-order valence-corrected chi connectivity index (χ2v) is 7.46. The summed E-state index contributed by atoms with van der Waals surface area (Å²) in [5.74, 6) is -1.94. The Labute approximate surface area is 187 Å². The Bertz CT molecular complexity index is 1100. The fourth-order valence-electron chi connectivity index (χ4n) is 3.45. The lowest BCUT2D eigenvalue weighted by molar-refractivity contribution is -0.123. The third kappa shape index (κ3) is 4.04. The number of hydrogen-bond donors (Lipinski definition) is 1. The van der Waals surface area contributed by atoms with Crippen LogP contribution in [0.25, 0.3) is 0 Å². The predicted molar refractivity (Wildman–Crippen MR) is 114 cm³/mol. The number of carbonyl (C=O) groups excluding carboxylic acids is 4. The molecule has 3 amide bonds. The minimum atomic E-state index is -1.00. The number of nitrogens with zero attached hydrogens (tertiary/aromatic N) is 4. The number of imide groups is 1. The molecule has 0 aliphatic carbocycles. The average Bonchev–Trinajstić information content (AvgIpc) is 3.29. The van der Waals surface area contributed by atoms with E-state index in [1.54, 1.807) is 43.3 Å². The molecule has 1 saturated heterocycles. The molecule has 2 aromatic carbocycles. The molecule has 32 heavy (non-hydrogen) atoms. The van der Waals surface area contributed by atoms with Crippen LogP contribution in [-0.4, -0.2) is 53.9 Å². The Hall–Kier alpha value is -3.79. The van der Waals surface area contributed by atoms with Crippen LogP contribution in [0.5, 0.6) is 0 Å². The molecule has 1 N–H and O–H groups in total. The fraction of sp³-hybridized carbons (Fsp3) is 0.238. The van der Waals surface area contributed by atoms with Crippen LogP contribution in [0.3, 0.4) is 0 Å². The molecule has 0 saturated carbocycles. The summed E-state index contributed by atoms with van der Waals surface area (Å²) in [7, 11) is 0. The quantitative estimate of drug-likeness (QED) is 0.527. The van der Waals surface area contributed by atoms with Gasteiger partial charge in [0.2, 0.25) is 5.91 Å². The standard InChI is InChI=1S/C21H18ClN5O5/c1-2-32-21(31)12-3-7-14(8-4-12)23-16(28)11-26-18-17(24-25-26)19(29)27(20(18)30)15-9-5-13(22)6-10-15/h3-10,17-18H,2,11H2,1H3,(H,23,28). The second kappa shape index (κ2) is 8.75. The first-order valence-corrected chi connectivity index (χ1v) is 10.1. The molecule has 0 aromatic heterocycles. The average molecular weight is 456 g/mol. The lowest BCUT2D eigenvalue weighted by atomic mass is 10.1. The molecule has 2 aliphatic heterocycles. The van der Waals surface area contributed by atoms with Gasteiger partial charge in [0.15, 0.2) is 12.1 Å². The maximum atomic E-state index is 12.9. The zero-order valence-corrected chi connectivity index (χ0v) is 17.7. The maximum absolute atomic E-state index is 12.9. The number of fused-ring (bicyclic) bond motifs is 1. The van der Waals surface area contributed by atoms with E-state index in [1.807, 2.05) is 0 Å². The highest BCUT2D eigenvalue weighted by Crippen LogP contribution is 2.32. The minimum absolute atomic E-state index is 0.264. The molecule has 0 radical (unpaired) electrons. The Kier molecular flexibility index (Phi) is 5.87. The van der Waals surface area contributed by atoms with Gasteiger partial charge in [0.25, 0.3) is 11.8 Å². The van der Waals surface area contributed by atoms with Crippen molar-refractivity contribution in [2.24, 2.45) is 10.3 Å². The van der Waals surface area contributed by atoms with Crippen LogP contribution in [0.1, 0.15) is 17.3 Å². The Morgan fingerprint density at radius 3 is 2.41 bits per heavy atom. The number of halogens is 1. The van der Waals surface area contributed by atoms with Crippen LogP contribution < -0.4 is 10.2 Å². The first-order chi connectivity index (χ1) is 15.4. The van der Waals surface area contributed by atoms with Gasteiger partial charge in [-0.3, -0.25) is 19.4 Å². The van der Waals surface area contributed by atoms with Crippen molar-refractivity contribution in [3.05, 3.63) is 59.1 Å². The summed E-state index contributed by atoms with van der Waals surface area (Å²) in [6, 6.07) is 10.5. The van der Waals surface area contributed by atoms with Crippen LogP contribution in [0.2, 0.25) is 5.02 Å². The SMILES string of the molecule is CCOC(=O)c1ccc(NC(=O)CN2N=NC3C(=O)N(c4ccc(Cl)cc4)C(=O)C32)cc1. The Morgan fingerprint density at radius 2 is 1.75 bits per heavy atom. The highest BCUT2D eigenvalue weighted by Gasteiger charge is 2.55. The number of esters is 1. The molecule has 2 aliphatic rings. The van der Waals surface area contributed by atoms with Gasteiger partial charge in [-0.05, 0) is 55.5 Å². The number of amides is 3. The van der Waals surface area contributed by atoms with Gasteiger partial charge >= 0.3 is 5.97 Å². The van der Waals surface area contributed by atoms with Gasteiger partial charge in [-0.15, -0.1) is 0 Å². The van der Waals surface area contributed by atoms with E-state index >= 15 is 0 Å². The Balaban J connectivity index is 1.41. The number of hydrogen-bond acceptors (Lipinski definition) is 8. The van der Waals surface area contributed by atoms with E-state index in [2.05, 4.69) is 15.7 Å². The van der Waals surface area contributed by atoms with Crippen molar-refractivity contribution in [3.63, 3.8) is 0 Å². The lowest BCUT2D eigenvalue weighted by Gasteiger charge is -2.20. The van der Waals surface area contributed by atoms with Gasteiger partial charge in [0.05, 0.1) is 17.9 Å². The zero-order valence-electron chi connectivity index (χ0n) is 16.9. The topological polar surface area (TPSA) is 121 Å². The van der Waals surface area contributed by atoms with Gasteiger partial charge in [-0.1, -0.05) is 16.8 Å². The predicted octanol–water partition coefficient (Wildman–Crippen LogP) is 2.45. The molecule has 164 valence electrons. The molecule has 2 aromatic rings. The molecule has 1 fully saturated rings. The monoisotopic (exact) mass is 455 g/mol. The van der Waals surface area contributed by atoms with Gasteiger partial charge in [0.1, 0.15) is 6.54 Å². The van der Waals surface area contributed by atoms with Crippen LogP contribution in [0.4, 0.5) is 11.4 Å². The molecular formula is C21H18ClN5O5. The van der Waals surface area contributed by atoms with Crippen LogP contribution in [0, 0.1) is 0 Å². The highest BCUT2D eigenvalue weighted by molar-refractivity contribution is 6.31. The van der Waals surface area contributed by atoms with Gasteiger partial charge in [-0.2, -0.15) is 5.11 Å². The van der Waals surface area contributed by atoms with Crippen molar-refractivity contribution in [2.45, 2.75) is 19.0 Å².